The van der Waals surface area contributed by atoms with Crippen LogP contribution in [0.1, 0.15) is 17.3 Å². The number of halogens is 2. The van der Waals surface area contributed by atoms with Gasteiger partial charge in [0.2, 0.25) is 0 Å². The van der Waals surface area contributed by atoms with Gasteiger partial charge in [-0.1, -0.05) is 11.6 Å². The van der Waals surface area contributed by atoms with Crippen molar-refractivity contribution in [1.82, 2.24) is 4.98 Å². The summed E-state index contributed by atoms with van der Waals surface area (Å²) in [5.74, 6) is 0.151. The Hall–Kier alpha value is -1.33. The molecule has 19 heavy (non-hydrogen) atoms. The van der Waals surface area contributed by atoms with E-state index in [1.165, 1.54) is 6.20 Å². The van der Waals surface area contributed by atoms with E-state index in [0.717, 1.165) is 0 Å². The summed E-state index contributed by atoms with van der Waals surface area (Å²) in [6, 6.07) is 3.43. The number of aromatic nitrogens is 1. The molecule has 0 aliphatic heterocycles. The molecule has 2 aromatic rings. The molecular formula is C13H11BrClNO3. The lowest BCUT2D eigenvalue weighted by molar-refractivity contribution is 0.0525. The fraction of sp³-hybridized carbons (Fsp3) is 0.231. The number of methoxy groups -OCH3 is 1. The average molecular weight is 345 g/mol. The molecule has 0 saturated heterocycles. The molecular weight excluding hydrogens is 334 g/mol. The zero-order valence-electron chi connectivity index (χ0n) is 10.4. The first-order valence-corrected chi connectivity index (χ1v) is 6.75. The van der Waals surface area contributed by atoms with Gasteiger partial charge >= 0.3 is 5.97 Å². The molecule has 0 aliphatic carbocycles. The smallest absolute Gasteiger partial charge is 0.340 e. The second kappa shape index (κ2) is 5.75. The summed E-state index contributed by atoms with van der Waals surface area (Å²) < 4.78 is 10.8. The molecule has 1 heterocycles. The van der Waals surface area contributed by atoms with Gasteiger partial charge in [-0.25, -0.2) is 4.79 Å². The molecule has 1 aromatic heterocycles. The second-order valence-electron chi connectivity index (χ2n) is 3.68. The molecule has 0 fully saturated rings. The maximum Gasteiger partial charge on any atom is 0.340 e. The summed E-state index contributed by atoms with van der Waals surface area (Å²) in [6.45, 7) is 2.05. The van der Waals surface area contributed by atoms with E-state index in [1.54, 1.807) is 26.2 Å². The van der Waals surface area contributed by atoms with Crippen LogP contribution in [0, 0.1) is 0 Å². The molecule has 0 N–H and O–H groups in total. The summed E-state index contributed by atoms with van der Waals surface area (Å²) in [5, 5.41) is 1.12. The number of ether oxygens (including phenoxy) is 2. The average Bonchev–Trinajstić information content (AvgIpc) is 2.39. The maximum absolute atomic E-state index is 11.8. The molecule has 0 radical (unpaired) electrons. The van der Waals surface area contributed by atoms with Crippen LogP contribution in [0.5, 0.6) is 5.75 Å². The Morgan fingerprint density at radius 2 is 2.21 bits per heavy atom. The molecule has 2 rings (SSSR count). The molecule has 4 nitrogen and oxygen atoms in total. The van der Waals surface area contributed by atoms with Crippen LogP contribution in [-0.2, 0) is 4.74 Å². The second-order valence-corrected chi connectivity index (χ2v) is 4.88. The van der Waals surface area contributed by atoms with E-state index >= 15 is 0 Å². The number of esters is 1. The Bertz CT molecular complexity index is 645. The molecule has 0 saturated carbocycles. The maximum atomic E-state index is 11.8. The van der Waals surface area contributed by atoms with Gasteiger partial charge in [0.1, 0.15) is 11.3 Å². The van der Waals surface area contributed by atoms with E-state index in [4.69, 9.17) is 21.1 Å². The Balaban J connectivity index is 2.71. The van der Waals surface area contributed by atoms with E-state index in [-0.39, 0.29) is 0 Å². The number of rotatable bonds is 3. The largest absolute Gasteiger partial charge is 0.494 e. The standard InChI is InChI=1S/C13H11BrClNO3/c1-3-19-13(17)7-6-16-12-9(18-2)5-4-8(15)10(12)11(7)14/h4-6H,3H2,1-2H3. The van der Waals surface area contributed by atoms with Crippen LogP contribution in [0.2, 0.25) is 5.02 Å². The highest BCUT2D eigenvalue weighted by atomic mass is 79.9. The SMILES string of the molecule is CCOC(=O)c1cnc2c(OC)ccc(Cl)c2c1Br. The molecule has 0 amide bonds. The Morgan fingerprint density at radius 3 is 2.84 bits per heavy atom. The monoisotopic (exact) mass is 343 g/mol. The van der Waals surface area contributed by atoms with Crippen LogP contribution in [0.25, 0.3) is 10.9 Å². The normalized spacial score (nSPS) is 10.5. The van der Waals surface area contributed by atoms with Crippen molar-refractivity contribution in [3.05, 3.63) is 33.4 Å². The van der Waals surface area contributed by atoms with Crippen molar-refractivity contribution in [3.63, 3.8) is 0 Å². The highest BCUT2D eigenvalue weighted by Gasteiger charge is 2.18. The summed E-state index contributed by atoms with van der Waals surface area (Å²) in [4.78, 5) is 16.0. The fourth-order valence-electron chi connectivity index (χ4n) is 1.72. The Morgan fingerprint density at radius 1 is 1.47 bits per heavy atom. The van der Waals surface area contributed by atoms with Gasteiger partial charge in [0.15, 0.2) is 0 Å². The molecule has 6 heteroatoms. The third-order valence-corrected chi connectivity index (χ3v) is 3.72. The van der Waals surface area contributed by atoms with Gasteiger partial charge in [-0.05, 0) is 35.0 Å². The van der Waals surface area contributed by atoms with Gasteiger partial charge in [0.25, 0.3) is 0 Å². The molecule has 0 aliphatic rings. The van der Waals surface area contributed by atoms with Crippen molar-refractivity contribution in [2.24, 2.45) is 0 Å². The number of carbonyl (C=O) groups is 1. The summed E-state index contributed by atoms with van der Waals surface area (Å²) in [6.07, 6.45) is 1.45. The quantitative estimate of drug-likeness (QED) is 0.794. The Labute approximate surface area is 123 Å². The van der Waals surface area contributed by atoms with Crippen molar-refractivity contribution in [2.75, 3.05) is 13.7 Å². The molecule has 100 valence electrons. The molecule has 0 spiro atoms. The van der Waals surface area contributed by atoms with Crippen LogP contribution in [0.4, 0.5) is 0 Å². The van der Waals surface area contributed by atoms with Crippen molar-refractivity contribution < 1.29 is 14.3 Å². The minimum absolute atomic E-state index is 0.301. The lowest BCUT2D eigenvalue weighted by Crippen LogP contribution is -2.06. The van der Waals surface area contributed by atoms with E-state index in [0.29, 0.717) is 38.3 Å². The number of hydrogen-bond acceptors (Lipinski definition) is 4. The van der Waals surface area contributed by atoms with Gasteiger partial charge < -0.3 is 9.47 Å². The van der Waals surface area contributed by atoms with Crippen LogP contribution in [0.3, 0.4) is 0 Å². The number of pyridine rings is 1. The number of carbonyl (C=O) groups excluding carboxylic acids is 1. The highest BCUT2D eigenvalue weighted by Crippen LogP contribution is 2.36. The summed E-state index contributed by atoms with van der Waals surface area (Å²) in [5.41, 5.74) is 0.930. The van der Waals surface area contributed by atoms with E-state index in [9.17, 15) is 4.79 Å². The van der Waals surface area contributed by atoms with Crippen molar-refractivity contribution >= 4 is 44.4 Å². The summed E-state index contributed by atoms with van der Waals surface area (Å²) >= 11 is 9.55. The third kappa shape index (κ3) is 2.53. The molecule has 1 aromatic carbocycles. The molecule has 0 atom stereocenters. The topological polar surface area (TPSA) is 48.4 Å². The Kier molecular flexibility index (Phi) is 4.27. The third-order valence-electron chi connectivity index (χ3n) is 2.58. The highest BCUT2D eigenvalue weighted by molar-refractivity contribution is 9.10. The van der Waals surface area contributed by atoms with Crippen molar-refractivity contribution in [2.45, 2.75) is 6.92 Å². The zero-order chi connectivity index (χ0) is 14.0. The van der Waals surface area contributed by atoms with Gasteiger partial charge in [0, 0.05) is 16.1 Å². The molecule has 0 bridgehead atoms. The zero-order valence-corrected chi connectivity index (χ0v) is 12.7. The van der Waals surface area contributed by atoms with E-state index in [2.05, 4.69) is 20.9 Å². The number of nitrogens with zero attached hydrogens (tertiary/aromatic N) is 1. The van der Waals surface area contributed by atoms with Gasteiger partial charge in [-0.2, -0.15) is 0 Å². The van der Waals surface area contributed by atoms with Gasteiger partial charge in [-0.3, -0.25) is 4.98 Å². The first kappa shape index (κ1) is 14.1. The minimum atomic E-state index is -0.442. The van der Waals surface area contributed by atoms with Crippen molar-refractivity contribution in [3.8, 4) is 5.75 Å². The van der Waals surface area contributed by atoms with Crippen molar-refractivity contribution in [1.29, 1.82) is 0 Å². The van der Waals surface area contributed by atoms with Gasteiger partial charge in [-0.15, -0.1) is 0 Å². The van der Waals surface area contributed by atoms with Crippen LogP contribution in [0.15, 0.2) is 22.8 Å². The summed E-state index contributed by atoms with van der Waals surface area (Å²) in [7, 11) is 1.55. The predicted molar refractivity (Wildman–Crippen MR) is 77.0 cm³/mol. The van der Waals surface area contributed by atoms with Crippen LogP contribution in [-0.4, -0.2) is 24.7 Å². The lowest BCUT2D eigenvalue weighted by atomic mass is 10.1. The predicted octanol–water partition coefficient (Wildman–Crippen LogP) is 3.84. The fourth-order valence-corrected chi connectivity index (χ4v) is 2.75. The minimum Gasteiger partial charge on any atom is -0.494 e. The first-order chi connectivity index (χ1) is 9.10. The van der Waals surface area contributed by atoms with Crippen LogP contribution >= 0.6 is 27.5 Å². The number of fused-ring (bicyclic) bond motifs is 1. The van der Waals surface area contributed by atoms with E-state index < -0.39 is 5.97 Å². The number of hydrogen-bond donors (Lipinski definition) is 0. The lowest BCUT2D eigenvalue weighted by Gasteiger charge is -2.10. The molecule has 0 unspecified atom stereocenters. The first-order valence-electron chi connectivity index (χ1n) is 5.58. The van der Waals surface area contributed by atoms with Crippen LogP contribution < -0.4 is 4.74 Å². The number of benzene rings is 1. The van der Waals surface area contributed by atoms with E-state index in [1.807, 2.05) is 0 Å². The van der Waals surface area contributed by atoms with Gasteiger partial charge in [0.05, 0.1) is 24.3 Å².